The van der Waals surface area contributed by atoms with Crippen LogP contribution in [0.1, 0.15) is 17.3 Å². The van der Waals surface area contributed by atoms with Gasteiger partial charge < -0.3 is 10.3 Å². The summed E-state index contributed by atoms with van der Waals surface area (Å²) in [5.74, 6) is 1.17. The third kappa shape index (κ3) is 1.78. The molecule has 0 radical (unpaired) electrons. The fourth-order valence-electron chi connectivity index (χ4n) is 2.72. The molecule has 2 heterocycles. The lowest BCUT2D eigenvalue weighted by Gasteiger charge is -2.05. The highest BCUT2D eigenvalue weighted by atomic mass is 35.5. The fourth-order valence-corrected chi connectivity index (χ4v) is 3.04. The summed E-state index contributed by atoms with van der Waals surface area (Å²) in [6, 6.07) is 11.9. The quantitative estimate of drug-likeness (QED) is 0.698. The smallest absolute Gasteiger partial charge is 0.116 e. The number of aromatic nitrogens is 2. The number of halogens is 2. The lowest BCUT2D eigenvalue weighted by molar-refractivity contribution is 0.836. The van der Waals surface area contributed by atoms with E-state index in [4.69, 9.17) is 23.2 Å². The Morgan fingerprint density at radius 2 is 1.90 bits per heavy atom. The van der Waals surface area contributed by atoms with Crippen LogP contribution >= 0.6 is 23.2 Å². The molecule has 1 aliphatic heterocycles. The van der Waals surface area contributed by atoms with Crippen molar-refractivity contribution in [2.45, 2.75) is 5.92 Å². The maximum atomic E-state index is 6.05. The summed E-state index contributed by atoms with van der Waals surface area (Å²) in [5, 5.41) is 4.47. The molecular weight excluding hydrogens is 293 g/mol. The largest absolute Gasteiger partial charge is 0.384 e. The Labute approximate surface area is 125 Å². The summed E-state index contributed by atoms with van der Waals surface area (Å²) < 4.78 is 0. The molecule has 3 nitrogen and oxygen atoms in total. The number of fused-ring (bicyclic) bond motifs is 2. The predicted octanol–water partition coefficient (Wildman–Crippen LogP) is 4.43. The van der Waals surface area contributed by atoms with Crippen LogP contribution in [-0.4, -0.2) is 16.5 Å². The second-order valence-corrected chi connectivity index (χ2v) is 5.74. The highest BCUT2D eigenvalue weighted by Crippen LogP contribution is 2.36. The van der Waals surface area contributed by atoms with Crippen molar-refractivity contribution >= 4 is 39.9 Å². The van der Waals surface area contributed by atoms with Gasteiger partial charge in [-0.15, -0.1) is 0 Å². The first-order valence-electron chi connectivity index (χ1n) is 6.40. The number of anilines is 1. The minimum absolute atomic E-state index is 0.233. The molecule has 0 fully saturated rings. The molecule has 4 rings (SSSR count). The number of aromatic amines is 1. The molecule has 0 saturated heterocycles. The maximum Gasteiger partial charge on any atom is 0.116 e. The second-order valence-electron chi connectivity index (χ2n) is 4.93. The van der Waals surface area contributed by atoms with Gasteiger partial charge in [-0.05, 0) is 23.8 Å². The van der Waals surface area contributed by atoms with Crippen LogP contribution in [-0.2, 0) is 0 Å². The van der Waals surface area contributed by atoms with Gasteiger partial charge in [0, 0.05) is 12.2 Å². The van der Waals surface area contributed by atoms with Crippen molar-refractivity contribution in [3.63, 3.8) is 0 Å². The van der Waals surface area contributed by atoms with Crippen molar-refractivity contribution in [2.75, 3.05) is 11.9 Å². The lowest BCUT2D eigenvalue weighted by Crippen LogP contribution is -2.05. The lowest BCUT2D eigenvalue weighted by atomic mass is 10.0. The van der Waals surface area contributed by atoms with Gasteiger partial charge in [0.1, 0.15) is 5.82 Å². The van der Waals surface area contributed by atoms with Gasteiger partial charge in [-0.1, -0.05) is 41.4 Å². The van der Waals surface area contributed by atoms with Crippen LogP contribution in [0.2, 0.25) is 10.0 Å². The number of hydrogen-bond donors (Lipinski definition) is 2. The fraction of sp³-hybridized carbons (Fsp3) is 0.133. The highest BCUT2D eigenvalue weighted by Gasteiger charge is 2.25. The van der Waals surface area contributed by atoms with Crippen LogP contribution in [0.3, 0.4) is 0 Å². The maximum absolute atomic E-state index is 6.05. The zero-order valence-corrected chi connectivity index (χ0v) is 12.0. The van der Waals surface area contributed by atoms with E-state index in [-0.39, 0.29) is 5.92 Å². The van der Waals surface area contributed by atoms with Crippen LogP contribution in [0, 0.1) is 0 Å². The Hall–Kier alpha value is -1.71. The number of benzene rings is 2. The first-order chi connectivity index (χ1) is 9.72. The molecule has 1 aliphatic rings. The number of imidazole rings is 1. The van der Waals surface area contributed by atoms with Crippen molar-refractivity contribution in [1.29, 1.82) is 0 Å². The Morgan fingerprint density at radius 1 is 1.10 bits per heavy atom. The first-order valence-corrected chi connectivity index (χ1v) is 7.15. The van der Waals surface area contributed by atoms with E-state index in [2.05, 4.69) is 33.5 Å². The van der Waals surface area contributed by atoms with Crippen LogP contribution in [0.25, 0.3) is 11.0 Å². The molecule has 0 bridgehead atoms. The van der Waals surface area contributed by atoms with Crippen LogP contribution < -0.4 is 5.32 Å². The molecule has 1 aromatic heterocycles. The molecule has 0 saturated carbocycles. The summed E-state index contributed by atoms with van der Waals surface area (Å²) in [5.41, 5.74) is 4.20. The average molecular weight is 304 g/mol. The van der Waals surface area contributed by atoms with Gasteiger partial charge in [0.15, 0.2) is 0 Å². The van der Waals surface area contributed by atoms with E-state index in [0.717, 1.165) is 23.4 Å². The zero-order valence-electron chi connectivity index (χ0n) is 10.5. The van der Waals surface area contributed by atoms with Gasteiger partial charge in [0.25, 0.3) is 0 Å². The number of nitrogens with one attached hydrogen (secondary N) is 2. The molecule has 0 amide bonds. The SMILES string of the molecule is Clc1cc2nc(C3CNc4ccccc43)[nH]c2cc1Cl. The number of hydrogen-bond acceptors (Lipinski definition) is 2. The standard InChI is InChI=1S/C15H11Cl2N3/c16-10-5-13-14(6-11(10)17)20-15(19-13)9-7-18-12-4-2-1-3-8(9)12/h1-6,9,18H,7H2,(H,19,20). The Bertz CT molecular complexity index is 771. The van der Waals surface area contributed by atoms with Gasteiger partial charge in [0.2, 0.25) is 0 Å². The predicted molar refractivity (Wildman–Crippen MR) is 82.9 cm³/mol. The Morgan fingerprint density at radius 3 is 2.80 bits per heavy atom. The van der Waals surface area contributed by atoms with Gasteiger partial charge in [-0.25, -0.2) is 4.98 Å². The Kier molecular flexibility index (Phi) is 2.65. The molecule has 1 atom stereocenters. The molecular formula is C15H11Cl2N3. The Balaban J connectivity index is 1.84. The van der Waals surface area contributed by atoms with E-state index >= 15 is 0 Å². The molecule has 5 heteroatoms. The molecule has 20 heavy (non-hydrogen) atoms. The van der Waals surface area contributed by atoms with Gasteiger partial charge in [-0.3, -0.25) is 0 Å². The monoisotopic (exact) mass is 303 g/mol. The van der Waals surface area contributed by atoms with E-state index in [1.165, 1.54) is 11.3 Å². The van der Waals surface area contributed by atoms with E-state index in [0.29, 0.717) is 10.0 Å². The third-order valence-electron chi connectivity index (χ3n) is 3.71. The molecule has 0 spiro atoms. The van der Waals surface area contributed by atoms with Crippen molar-refractivity contribution in [3.8, 4) is 0 Å². The number of rotatable bonds is 1. The summed E-state index contributed by atoms with van der Waals surface area (Å²) in [7, 11) is 0. The molecule has 1 unspecified atom stereocenters. The minimum atomic E-state index is 0.233. The molecule has 2 aromatic carbocycles. The van der Waals surface area contributed by atoms with Gasteiger partial charge in [-0.2, -0.15) is 0 Å². The van der Waals surface area contributed by atoms with E-state index in [1.54, 1.807) is 6.07 Å². The summed E-state index contributed by atoms with van der Waals surface area (Å²) in [4.78, 5) is 8.01. The van der Waals surface area contributed by atoms with Crippen LogP contribution in [0.15, 0.2) is 36.4 Å². The number of H-pyrrole nitrogens is 1. The van der Waals surface area contributed by atoms with Crippen molar-refractivity contribution in [1.82, 2.24) is 9.97 Å². The molecule has 3 aromatic rings. The summed E-state index contributed by atoms with van der Waals surface area (Å²) in [6.07, 6.45) is 0. The topological polar surface area (TPSA) is 40.7 Å². The minimum Gasteiger partial charge on any atom is -0.384 e. The van der Waals surface area contributed by atoms with Gasteiger partial charge in [0.05, 0.1) is 27.0 Å². The van der Waals surface area contributed by atoms with Gasteiger partial charge >= 0.3 is 0 Å². The average Bonchev–Trinajstić information content (AvgIpc) is 3.02. The van der Waals surface area contributed by atoms with E-state index in [1.807, 2.05) is 12.1 Å². The number of para-hydroxylation sites is 1. The molecule has 100 valence electrons. The molecule has 0 aliphatic carbocycles. The third-order valence-corrected chi connectivity index (χ3v) is 4.43. The molecule has 2 N–H and O–H groups in total. The second kappa shape index (κ2) is 4.40. The van der Waals surface area contributed by atoms with Crippen molar-refractivity contribution in [2.24, 2.45) is 0 Å². The summed E-state index contributed by atoms with van der Waals surface area (Å²) in [6.45, 7) is 0.848. The highest BCUT2D eigenvalue weighted by molar-refractivity contribution is 6.42. The zero-order chi connectivity index (χ0) is 13.7. The van der Waals surface area contributed by atoms with Crippen LogP contribution in [0.4, 0.5) is 5.69 Å². The summed E-state index contributed by atoms with van der Waals surface area (Å²) >= 11 is 12.1. The van der Waals surface area contributed by atoms with E-state index < -0.39 is 0 Å². The van der Waals surface area contributed by atoms with Crippen molar-refractivity contribution < 1.29 is 0 Å². The first kappa shape index (κ1) is 12.1. The van der Waals surface area contributed by atoms with E-state index in [9.17, 15) is 0 Å². The van der Waals surface area contributed by atoms with Crippen LogP contribution in [0.5, 0.6) is 0 Å². The normalized spacial score (nSPS) is 17.2. The number of nitrogens with zero attached hydrogens (tertiary/aromatic N) is 1. The van der Waals surface area contributed by atoms with Crippen molar-refractivity contribution in [3.05, 3.63) is 57.8 Å².